The van der Waals surface area contributed by atoms with Crippen LogP contribution in [0, 0.1) is 5.92 Å². The molecule has 4 atom stereocenters. The zero-order valence-corrected chi connectivity index (χ0v) is 30.0. The van der Waals surface area contributed by atoms with E-state index in [4.69, 9.17) is 20.5 Å². The zero-order chi connectivity index (χ0) is 37.1. The highest BCUT2D eigenvalue weighted by Gasteiger charge is 2.49. The van der Waals surface area contributed by atoms with E-state index in [9.17, 15) is 32.1 Å². The maximum atomic E-state index is 13.8. The molecule has 0 bridgehead atoms. The van der Waals surface area contributed by atoms with Gasteiger partial charge < -0.3 is 14.6 Å². The summed E-state index contributed by atoms with van der Waals surface area (Å²) in [4.78, 5) is 39.3. The summed E-state index contributed by atoms with van der Waals surface area (Å²) >= 11 is 6.53. The summed E-state index contributed by atoms with van der Waals surface area (Å²) in [6.45, 7) is -2.07. The first-order valence-electron chi connectivity index (χ1n) is 17.0. The molecule has 3 aliphatic heterocycles. The summed E-state index contributed by atoms with van der Waals surface area (Å²) in [5, 5.41) is 4.40. The van der Waals surface area contributed by atoms with Gasteiger partial charge in [0.15, 0.2) is 0 Å². The second-order valence-corrected chi connectivity index (χ2v) is 16.2. The molecule has 3 heterocycles. The van der Waals surface area contributed by atoms with E-state index >= 15 is 0 Å². The van der Waals surface area contributed by atoms with Crippen molar-refractivity contribution in [1.29, 1.82) is 0 Å². The Bertz CT molecular complexity index is 1730. The minimum absolute atomic E-state index is 0.0311. The fourth-order valence-electron chi connectivity index (χ4n) is 7.28. The molecule has 52 heavy (non-hydrogen) atoms. The SMILES string of the molecule is CC1=C[C@H]([C@H]2CN(C(c3ccccc3)(c3ccccc3)c3ccccc3)C[C@@H](COP(=O)(Cl)N3CCC(NC(=O)C(F)(F)F)CC3)O2)C(=O)NC1=O. The van der Waals surface area contributed by atoms with Gasteiger partial charge in [-0.3, -0.25) is 29.2 Å². The Hall–Kier alpha value is -3.84. The van der Waals surface area contributed by atoms with Crippen molar-refractivity contribution in [2.45, 2.75) is 49.7 Å². The molecule has 1 unspecified atom stereocenters. The molecule has 0 aromatic heterocycles. The summed E-state index contributed by atoms with van der Waals surface area (Å²) in [7, 11) is 0. The Morgan fingerprint density at radius 3 is 1.94 bits per heavy atom. The molecule has 3 aliphatic rings. The number of ether oxygens (including phenoxy) is 1. The molecule has 3 aromatic rings. The Kier molecular flexibility index (Phi) is 11.4. The number of halogens is 4. The third kappa shape index (κ3) is 8.05. The quantitative estimate of drug-likeness (QED) is 0.152. The summed E-state index contributed by atoms with van der Waals surface area (Å²) in [6.07, 6.45) is -4.77. The number of piperidine rings is 1. The average molecular weight is 759 g/mol. The van der Waals surface area contributed by atoms with Crippen molar-refractivity contribution in [3.05, 3.63) is 119 Å². The molecule has 2 N–H and O–H groups in total. The number of hydrogen-bond donors (Lipinski definition) is 2. The van der Waals surface area contributed by atoms with Gasteiger partial charge in [-0.05, 0) is 47.7 Å². The number of benzene rings is 3. The molecule has 0 radical (unpaired) electrons. The smallest absolute Gasteiger partial charge is 0.369 e. The van der Waals surface area contributed by atoms with Crippen LogP contribution >= 0.6 is 18.1 Å². The number of carbonyl (C=O) groups excluding carboxylic acids is 3. The van der Waals surface area contributed by atoms with Crippen LogP contribution in [0.2, 0.25) is 0 Å². The van der Waals surface area contributed by atoms with E-state index in [1.165, 1.54) is 4.67 Å². The number of alkyl halides is 3. The number of rotatable bonds is 10. The fraction of sp³-hybridized carbons (Fsp3) is 0.378. The summed E-state index contributed by atoms with van der Waals surface area (Å²) < 4.78 is 66.0. The monoisotopic (exact) mass is 758 g/mol. The van der Waals surface area contributed by atoms with E-state index in [1.54, 1.807) is 13.0 Å². The van der Waals surface area contributed by atoms with Crippen LogP contribution in [0.1, 0.15) is 36.5 Å². The van der Waals surface area contributed by atoms with Crippen molar-refractivity contribution >= 4 is 35.8 Å². The molecule has 0 spiro atoms. The zero-order valence-electron chi connectivity index (χ0n) is 28.3. The van der Waals surface area contributed by atoms with Crippen molar-refractivity contribution in [3.63, 3.8) is 0 Å². The molecule has 0 aliphatic carbocycles. The van der Waals surface area contributed by atoms with Gasteiger partial charge in [-0.15, -0.1) is 0 Å². The fourth-order valence-corrected chi connectivity index (χ4v) is 9.13. The van der Waals surface area contributed by atoms with Crippen molar-refractivity contribution < 1.29 is 41.4 Å². The second-order valence-electron chi connectivity index (χ2n) is 13.2. The molecule has 2 fully saturated rings. The summed E-state index contributed by atoms with van der Waals surface area (Å²) in [5.74, 6) is -3.85. The van der Waals surface area contributed by atoms with Crippen LogP contribution in [0.4, 0.5) is 13.2 Å². The number of amides is 3. The van der Waals surface area contributed by atoms with Crippen LogP contribution in [0.3, 0.4) is 0 Å². The minimum Gasteiger partial charge on any atom is -0.369 e. The lowest BCUT2D eigenvalue weighted by molar-refractivity contribution is -0.174. The van der Waals surface area contributed by atoms with Gasteiger partial charge in [-0.1, -0.05) is 97.1 Å². The molecular formula is C37H39ClF3N4O6P. The lowest BCUT2D eigenvalue weighted by atomic mass is 9.74. The van der Waals surface area contributed by atoms with E-state index in [0.717, 1.165) is 16.7 Å². The minimum atomic E-state index is -5.00. The summed E-state index contributed by atoms with van der Waals surface area (Å²) in [5.41, 5.74) is 2.32. The van der Waals surface area contributed by atoms with Gasteiger partial charge in [0.1, 0.15) is 0 Å². The highest BCUT2D eigenvalue weighted by atomic mass is 35.7. The van der Waals surface area contributed by atoms with Gasteiger partial charge in [0.25, 0.3) is 5.91 Å². The van der Waals surface area contributed by atoms with E-state index in [-0.39, 0.29) is 45.6 Å². The largest absolute Gasteiger partial charge is 0.471 e. The van der Waals surface area contributed by atoms with Crippen LogP contribution in [-0.4, -0.2) is 84.5 Å². The van der Waals surface area contributed by atoms with Gasteiger partial charge in [0.2, 0.25) is 5.91 Å². The molecule has 2 saturated heterocycles. The average Bonchev–Trinajstić information content (AvgIpc) is 3.14. The Balaban J connectivity index is 1.32. The summed E-state index contributed by atoms with van der Waals surface area (Å²) in [6, 6.07) is 29.1. The molecule has 15 heteroatoms. The lowest BCUT2D eigenvalue weighted by Gasteiger charge is -2.51. The van der Waals surface area contributed by atoms with Crippen LogP contribution in [0.5, 0.6) is 0 Å². The number of morpholine rings is 1. The van der Waals surface area contributed by atoms with Crippen molar-refractivity contribution in [2.24, 2.45) is 5.92 Å². The topological polar surface area (TPSA) is 117 Å². The Morgan fingerprint density at radius 2 is 1.44 bits per heavy atom. The number of nitrogens with one attached hydrogen (secondary N) is 2. The number of nitrogens with zero attached hydrogens (tertiary/aromatic N) is 2. The van der Waals surface area contributed by atoms with Gasteiger partial charge >= 0.3 is 19.0 Å². The van der Waals surface area contributed by atoms with Gasteiger partial charge in [-0.25, -0.2) is 4.67 Å². The number of hydrogen-bond acceptors (Lipinski definition) is 7. The standard InChI is InChI=1S/C37H39ClF3N4O6P/c1-25-21-31(34(47)43-33(25)46)32-23-44(36(26-11-5-2-6-12-26,27-13-7-3-8-14-27)28-15-9-4-10-16-28)22-30(51-32)24-50-52(38,49)45-19-17-29(18-20-45)42-35(48)37(39,40)41/h2-16,21,29-32H,17-20,22-24H2,1H3,(H,42,48)(H,43,46,47)/t30-,31+,32+,52?/m0/s1. The normalized spacial score (nSPS) is 23.7. The molecule has 6 rings (SSSR count). The lowest BCUT2D eigenvalue weighted by Crippen LogP contribution is -2.61. The molecular weight excluding hydrogens is 720 g/mol. The van der Waals surface area contributed by atoms with E-state index in [0.29, 0.717) is 5.57 Å². The number of carbonyl (C=O) groups is 3. The van der Waals surface area contributed by atoms with E-state index in [1.807, 2.05) is 96.3 Å². The van der Waals surface area contributed by atoms with Crippen LogP contribution < -0.4 is 10.6 Å². The van der Waals surface area contributed by atoms with Crippen molar-refractivity contribution in [2.75, 3.05) is 32.8 Å². The van der Waals surface area contributed by atoms with Crippen molar-refractivity contribution in [3.8, 4) is 0 Å². The third-order valence-corrected chi connectivity index (χ3v) is 12.3. The molecule has 10 nitrogen and oxygen atoms in total. The first kappa shape index (κ1) is 37.9. The highest BCUT2D eigenvalue weighted by molar-refractivity contribution is 7.83. The maximum absolute atomic E-state index is 13.8. The van der Waals surface area contributed by atoms with Crippen LogP contribution in [0.25, 0.3) is 0 Å². The molecule has 0 saturated carbocycles. The first-order valence-corrected chi connectivity index (χ1v) is 19.5. The third-order valence-electron chi connectivity index (χ3n) is 9.79. The molecule has 3 aromatic carbocycles. The Labute approximate surface area is 304 Å². The second kappa shape index (κ2) is 15.6. The highest BCUT2D eigenvalue weighted by Crippen LogP contribution is 2.57. The predicted octanol–water partition coefficient (Wildman–Crippen LogP) is 5.77. The van der Waals surface area contributed by atoms with Gasteiger partial charge in [0.05, 0.1) is 30.3 Å². The van der Waals surface area contributed by atoms with E-state index < -0.39 is 60.5 Å². The Morgan fingerprint density at radius 1 is 0.923 bits per heavy atom. The number of imide groups is 1. The van der Waals surface area contributed by atoms with Crippen LogP contribution in [0.15, 0.2) is 103 Å². The molecule has 3 amide bonds. The van der Waals surface area contributed by atoms with Crippen LogP contribution in [-0.2, 0) is 33.7 Å². The molecule has 276 valence electrons. The first-order chi connectivity index (χ1) is 24.8. The maximum Gasteiger partial charge on any atom is 0.471 e. The van der Waals surface area contributed by atoms with Crippen molar-refractivity contribution in [1.82, 2.24) is 20.2 Å². The van der Waals surface area contributed by atoms with Gasteiger partial charge in [0, 0.05) is 37.8 Å². The predicted molar refractivity (Wildman–Crippen MR) is 188 cm³/mol. The van der Waals surface area contributed by atoms with Gasteiger partial charge in [-0.2, -0.15) is 13.2 Å². The van der Waals surface area contributed by atoms with E-state index in [2.05, 4.69) is 10.2 Å².